The van der Waals surface area contributed by atoms with Gasteiger partial charge in [-0.3, -0.25) is 4.72 Å². The van der Waals surface area contributed by atoms with Crippen LogP contribution in [0.3, 0.4) is 0 Å². The first-order valence-electron chi connectivity index (χ1n) is 9.61. The van der Waals surface area contributed by atoms with Gasteiger partial charge in [-0.15, -0.1) is 0 Å². The molecular weight excluding hydrogens is 430 g/mol. The van der Waals surface area contributed by atoms with E-state index >= 15 is 0 Å². The van der Waals surface area contributed by atoms with Crippen LogP contribution in [0.15, 0.2) is 65.6 Å². The van der Waals surface area contributed by atoms with E-state index in [1.807, 2.05) is 57.2 Å². The van der Waals surface area contributed by atoms with E-state index in [9.17, 15) is 8.42 Å². The van der Waals surface area contributed by atoms with Crippen molar-refractivity contribution in [3.05, 3.63) is 77.4 Å². The maximum atomic E-state index is 12.9. The summed E-state index contributed by atoms with van der Waals surface area (Å²) in [5.74, 6) is 0.667. The highest BCUT2D eigenvalue weighted by Gasteiger charge is 2.17. The van der Waals surface area contributed by atoms with E-state index in [0.29, 0.717) is 22.2 Å². The molecule has 0 saturated heterocycles. The monoisotopic (exact) mass is 455 g/mol. The molecule has 0 aliphatic rings. The first kappa shape index (κ1) is 22.6. The molecule has 0 aliphatic heterocycles. The van der Waals surface area contributed by atoms with Gasteiger partial charge in [-0.2, -0.15) is 0 Å². The Balaban J connectivity index is 1.71. The molecule has 31 heavy (non-hydrogen) atoms. The van der Waals surface area contributed by atoms with E-state index in [-0.39, 0.29) is 4.90 Å². The Bertz CT molecular complexity index is 1180. The topological polar surface area (TPSA) is 79.5 Å². The summed E-state index contributed by atoms with van der Waals surface area (Å²) in [5.41, 5.74) is 4.85. The maximum Gasteiger partial charge on any atom is 0.261 e. The molecule has 0 fully saturated rings. The fourth-order valence-electron chi connectivity index (χ4n) is 3.28. The molecule has 3 rings (SSSR count). The Morgan fingerprint density at radius 2 is 1.52 bits per heavy atom. The average molecular weight is 456 g/mol. The number of anilines is 3. The molecule has 162 valence electrons. The highest BCUT2D eigenvalue weighted by atomic mass is 32.2. The van der Waals surface area contributed by atoms with Crippen molar-refractivity contribution < 1.29 is 13.2 Å². The zero-order valence-electron chi connectivity index (χ0n) is 17.8. The Hall–Kier alpha value is -3.10. The summed E-state index contributed by atoms with van der Waals surface area (Å²) in [4.78, 5) is 0.168. The van der Waals surface area contributed by atoms with Crippen LogP contribution >= 0.6 is 12.2 Å². The van der Waals surface area contributed by atoms with Crippen LogP contribution in [0.4, 0.5) is 17.1 Å². The van der Waals surface area contributed by atoms with Crippen molar-refractivity contribution >= 4 is 44.4 Å². The van der Waals surface area contributed by atoms with Crippen LogP contribution in [0.25, 0.3) is 0 Å². The van der Waals surface area contributed by atoms with Crippen LogP contribution in [0, 0.1) is 20.8 Å². The van der Waals surface area contributed by atoms with Gasteiger partial charge in [-0.05, 0) is 80.5 Å². The Morgan fingerprint density at radius 3 is 2.13 bits per heavy atom. The van der Waals surface area contributed by atoms with Gasteiger partial charge in [0.25, 0.3) is 10.0 Å². The summed E-state index contributed by atoms with van der Waals surface area (Å²) in [5, 5.41) is 6.48. The number of hydrogen-bond donors (Lipinski definition) is 3. The third-order valence-corrected chi connectivity index (χ3v) is 6.26. The molecule has 6 nitrogen and oxygen atoms in total. The molecule has 8 heteroatoms. The number of benzene rings is 3. The van der Waals surface area contributed by atoms with Crippen LogP contribution in [-0.4, -0.2) is 20.6 Å². The second-order valence-electron chi connectivity index (χ2n) is 7.18. The first-order valence-corrected chi connectivity index (χ1v) is 11.5. The molecular formula is C23H25N3O3S2. The molecule has 3 N–H and O–H groups in total. The first-order chi connectivity index (χ1) is 14.7. The summed E-state index contributed by atoms with van der Waals surface area (Å²) in [6.45, 7) is 5.76. The molecule has 0 atom stereocenters. The van der Waals surface area contributed by atoms with E-state index < -0.39 is 10.0 Å². The number of rotatable bonds is 6. The quantitative estimate of drug-likeness (QED) is 0.442. The number of hydrogen-bond acceptors (Lipinski definition) is 4. The normalized spacial score (nSPS) is 11.0. The van der Waals surface area contributed by atoms with E-state index in [1.54, 1.807) is 19.2 Å². The minimum absolute atomic E-state index is 0.168. The highest BCUT2D eigenvalue weighted by Crippen LogP contribution is 2.26. The van der Waals surface area contributed by atoms with Crippen LogP contribution in [0.5, 0.6) is 5.75 Å². The molecule has 0 unspecified atom stereocenters. The van der Waals surface area contributed by atoms with Gasteiger partial charge < -0.3 is 15.4 Å². The Morgan fingerprint density at radius 1 is 0.903 bits per heavy atom. The number of aryl methyl sites for hydroxylation is 3. The molecule has 0 bridgehead atoms. The van der Waals surface area contributed by atoms with Crippen LogP contribution in [0.1, 0.15) is 16.7 Å². The molecule has 0 saturated carbocycles. The highest BCUT2D eigenvalue weighted by molar-refractivity contribution is 7.92. The SMILES string of the molecule is COc1ccccc1NC(=S)Nc1ccc(S(=O)(=O)Nc2c(C)cc(C)cc2C)cc1. The second kappa shape index (κ2) is 9.36. The van der Waals surface area contributed by atoms with Crippen molar-refractivity contribution in [2.75, 3.05) is 22.5 Å². The maximum absolute atomic E-state index is 12.9. The fraction of sp³-hybridized carbons (Fsp3) is 0.174. The summed E-state index contributed by atoms with van der Waals surface area (Å²) in [6, 6.07) is 17.7. The number of para-hydroxylation sites is 2. The molecule has 0 heterocycles. The van der Waals surface area contributed by atoms with Crippen molar-refractivity contribution in [3.8, 4) is 5.75 Å². The summed E-state index contributed by atoms with van der Waals surface area (Å²) in [6.07, 6.45) is 0. The van der Waals surface area contributed by atoms with Crippen LogP contribution < -0.4 is 20.1 Å². The van der Waals surface area contributed by atoms with E-state index in [0.717, 1.165) is 22.4 Å². The molecule has 0 aromatic heterocycles. The van der Waals surface area contributed by atoms with Gasteiger partial charge >= 0.3 is 0 Å². The van der Waals surface area contributed by atoms with Gasteiger partial charge in [0.15, 0.2) is 5.11 Å². The fourth-order valence-corrected chi connectivity index (χ4v) is 4.72. The average Bonchev–Trinajstić information content (AvgIpc) is 2.71. The Labute approximate surface area is 188 Å². The molecule has 0 amide bonds. The lowest BCUT2D eigenvalue weighted by atomic mass is 10.1. The van der Waals surface area contributed by atoms with E-state index in [1.165, 1.54) is 12.1 Å². The lowest BCUT2D eigenvalue weighted by molar-refractivity contribution is 0.417. The lowest BCUT2D eigenvalue weighted by Crippen LogP contribution is -2.19. The predicted octanol–water partition coefficient (Wildman–Crippen LogP) is 5.23. The van der Waals surface area contributed by atoms with Gasteiger partial charge in [0.2, 0.25) is 0 Å². The molecule has 0 spiro atoms. The van der Waals surface area contributed by atoms with Crippen molar-refractivity contribution in [1.82, 2.24) is 0 Å². The zero-order valence-corrected chi connectivity index (χ0v) is 19.4. The van der Waals surface area contributed by atoms with Crippen LogP contribution in [-0.2, 0) is 10.0 Å². The number of thiocarbonyl (C=S) groups is 1. The molecule has 0 radical (unpaired) electrons. The van der Waals surface area contributed by atoms with Gasteiger partial charge in [-0.25, -0.2) is 8.42 Å². The minimum Gasteiger partial charge on any atom is -0.495 e. The van der Waals surface area contributed by atoms with E-state index in [2.05, 4.69) is 15.4 Å². The number of ether oxygens (including phenoxy) is 1. The third-order valence-electron chi connectivity index (χ3n) is 4.69. The van der Waals surface area contributed by atoms with E-state index in [4.69, 9.17) is 17.0 Å². The predicted molar refractivity (Wildman–Crippen MR) is 131 cm³/mol. The van der Waals surface area contributed by atoms with Crippen molar-refractivity contribution in [3.63, 3.8) is 0 Å². The van der Waals surface area contributed by atoms with Gasteiger partial charge in [-0.1, -0.05) is 29.8 Å². The van der Waals surface area contributed by atoms with Crippen LogP contribution in [0.2, 0.25) is 0 Å². The Kier molecular flexibility index (Phi) is 6.82. The van der Waals surface area contributed by atoms with Crippen molar-refractivity contribution in [2.24, 2.45) is 0 Å². The van der Waals surface area contributed by atoms with Crippen molar-refractivity contribution in [1.29, 1.82) is 0 Å². The number of nitrogens with one attached hydrogen (secondary N) is 3. The van der Waals surface area contributed by atoms with Gasteiger partial charge in [0, 0.05) is 5.69 Å². The smallest absolute Gasteiger partial charge is 0.261 e. The molecule has 3 aromatic rings. The summed E-state index contributed by atoms with van der Waals surface area (Å²) >= 11 is 5.35. The lowest BCUT2D eigenvalue weighted by Gasteiger charge is -2.15. The van der Waals surface area contributed by atoms with Crippen molar-refractivity contribution in [2.45, 2.75) is 25.7 Å². The number of methoxy groups -OCH3 is 1. The van der Waals surface area contributed by atoms with Gasteiger partial charge in [0.1, 0.15) is 5.75 Å². The van der Waals surface area contributed by atoms with Gasteiger partial charge in [0.05, 0.1) is 23.4 Å². The molecule has 3 aromatic carbocycles. The molecule has 0 aliphatic carbocycles. The zero-order chi connectivity index (χ0) is 22.6. The second-order valence-corrected chi connectivity index (χ2v) is 9.27. The standard InChI is InChI=1S/C23H25N3O3S2/c1-15-13-16(2)22(17(3)14-15)26-31(27,28)19-11-9-18(10-12-19)24-23(30)25-20-7-5-6-8-21(20)29-4/h5-14,26H,1-4H3,(H2,24,25,30). The largest absolute Gasteiger partial charge is 0.495 e. The number of sulfonamides is 1. The third kappa shape index (κ3) is 5.53. The summed E-state index contributed by atoms with van der Waals surface area (Å²) < 4.78 is 33.7. The minimum atomic E-state index is -3.72. The summed E-state index contributed by atoms with van der Waals surface area (Å²) in [7, 11) is -2.13.